The van der Waals surface area contributed by atoms with Gasteiger partial charge >= 0.3 is 6.18 Å². The van der Waals surface area contributed by atoms with Crippen LogP contribution in [0.1, 0.15) is 62.8 Å². The molecule has 4 heterocycles. The largest absolute Gasteiger partial charge is 0.433 e. The molecule has 3 fully saturated rings. The third-order valence-electron chi connectivity index (χ3n) is 8.45. The Kier molecular flexibility index (Phi) is 7.38. The summed E-state index contributed by atoms with van der Waals surface area (Å²) in [4.78, 5) is 28.7. The Balaban J connectivity index is 1.07. The number of carbonyl (C=O) groups excluding carboxylic acids is 1. The molecule has 1 aliphatic carbocycles. The fraction of sp³-hybridized carbons (Fsp3) is 0.630. The molecular weight excluding hydrogens is 483 g/mol. The Morgan fingerprint density at radius 2 is 1.76 bits per heavy atom. The van der Waals surface area contributed by atoms with Crippen LogP contribution in [0.15, 0.2) is 36.8 Å². The van der Waals surface area contributed by atoms with E-state index in [4.69, 9.17) is 0 Å². The van der Waals surface area contributed by atoms with E-state index in [1.54, 1.807) is 6.20 Å². The number of anilines is 1. The van der Waals surface area contributed by atoms with Crippen LogP contribution in [0.25, 0.3) is 0 Å². The zero-order chi connectivity index (χ0) is 26.0. The zero-order valence-corrected chi connectivity index (χ0v) is 20.9. The van der Waals surface area contributed by atoms with E-state index in [2.05, 4.69) is 15.0 Å². The average molecular weight is 518 g/mol. The predicted octanol–water partition coefficient (Wildman–Crippen LogP) is 4.42. The fourth-order valence-corrected chi connectivity index (χ4v) is 6.27. The minimum Gasteiger partial charge on any atom is -0.384 e. The molecule has 0 spiro atoms. The van der Waals surface area contributed by atoms with E-state index in [1.807, 2.05) is 28.0 Å². The van der Waals surface area contributed by atoms with Crippen LogP contribution in [0, 0.1) is 17.8 Å². The van der Waals surface area contributed by atoms with Gasteiger partial charge in [-0.2, -0.15) is 13.2 Å². The summed E-state index contributed by atoms with van der Waals surface area (Å²) in [6.07, 6.45) is 4.86. The Morgan fingerprint density at radius 1 is 1.00 bits per heavy atom. The van der Waals surface area contributed by atoms with Crippen molar-refractivity contribution in [1.29, 1.82) is 0 Å². The van der Waals surface area contributed by atoms with Crippen LogP contribution in [0.5, 0.6) is 0 Å². The van der Waals surface area contributed by atoms with Gasteiger partial charge in [0.05, 0.1) is 5.69 Å². The van der Waals surface area contributed by atoms with Gasteiger partial charge in [0.25, 0.3) is 0 Å². The van der Waals surface area contributed by atoms with Crippen molar-refractivity contribution >= 4 is 11.7 Å². The number of hydrogen-bond donors (Lipinski definition) is 1. The first-order valence-corrected chi connectivity index (χ1v) is 13.3. The van der Waals surface area contributed by atoms with Gasteiger partial charge in [-0.15, -0.1) is 0 Å². The molecule has 7 nitrogen and oxygen atoms in total. The molecule has 1 N–H and O–H groups in total. The number of aromatic nitrogens is 3. The maximum absolute atomic E-state index is 13.2. The lowest BCUT2D eigenvalue weighted by atomic mass is 9.74. The molecule has 1 atom stereocenters. The lowest BCUT2D eigenvalue weighted by molar-refractivity contribution is -0.141. The SMILES string of the molecule is O=C(C1CCN(c2cc(C(F)(F)F)ncn2)CC1)N1CC[C@H](CC2CCC(O)(c3ccccn3)CC2)C1. The Labute approximate surface area is 215 Å². The van der Waals surface area contributed by atoms with Gasteiger partial charge in [-0.05, 0) is 75.3 Å². The standard InChI is InChI=1S/C27H34F3N5O2/c28-27(29,30)23-16-24(33-18-32-23)34-13-7-21(8-14-34)25(36)35-12-6-20(17-35)15-19-4-9-26(37,10-5-19)22-3-1-2-11-31-22/h1-3,11,16,18-21,37H,4-10,12-15,17H2/t19?,20-,26?/m1/s1. The van der Waals surface area contributed by atoms with Crippen LogP contribution >= 0.6 is 0 Å². The molecule has 2 aromatic heterocycles. The number of likely N-dealkylation sites (tertiary alicyclic amines) is 1. The third-order valence-corrected chi connectivity index (χ3v) is 8.45. The lowest BCUT2D eigenvalue weighted by Gasteiger charge is -2.36. The van der Waals surface area contributed by atoms with E-state index in [0.29, 0.717) is 37.8 Å². The second-order valence-electron chi connectivity index (χ2n) is 10.9. The zero-order valence-electron chi connectivity index (χ0n) is 20.9. The second kappa shape index (κ2) is 10.6. The van der Waals surface area contributed by atoms with Gasteiger partial charge in [0.15, 0.2) is 0 Å². The van der Waals surface area contributed by atoms with Crippen molar-refractivity contribution in [3.8, 4) is 0 Å². The monoisotopic (exact) mass is 517 g/mol. The smallest absolute Gasteiger partial charge is 0.384 e. The Morgan fingerprint density at radius 3 is 2.43 bits per heavy atom. The molecule has 2 saturated heterocycles. The highest BCUT2D eigenvalue weighted by molar-refractivity contribution is 5.79. The highest BCUT2D eigenvalue weighted by Gasteiger charge is 2.39. The first kappa shape index (κ1) is 25.9. The van der Waals surface area contributed by atoms with E-state index >= 15 is 0 Å². The maximum atomic E-state index is 13.2. The van der Waals surface area contributed by atoms with Gasteiger partial charge in [0.2, 0.25) is 5.91 Å². The fourth-order valence-electron chi connectivity index (χ4n) is 6.27. The van der Waals surface area contributed by atoms with Crippen LogP contribution in [0.4, 0.5) is 19.0 Å². The third kappa shape index (κ3) is 5.89. The first-order chi connectivity index (χ1) is 17.7. The number of nitrogens with zero attached hydrogens (tertiary/aromatic N) is 5. The van der Waals surface area contributed by atoms with Crippen LogP contribution in [-0.2, 0) is 16.6 Å². The summed E-state index contributed by atoms with van der Waals surface area (Å²) in [6, 6.07) is 6.66. The summed E-state index contributed by atoms with van der Waals surface area (Å²) in [5.41, 5.74) is -1.01. The summed E-state index contributed by atoms with van der Waals surface area (Å²) in [5.74, 6) is 1.38. The number of amides is 1. The number of aliphatic hydroxyl groups is 1. The number of halogens is 3. The van der Waals surface area contributed by atoms with Crippen molar-refractivity contribution < 1.29 is 23.1 Å². The highest BCUT2D eigenvalue weighted by atomic mass is 19.4. The normalized spacial score (nSPS) is 27.5. The molecule has 1 amide bonds. The van der Waals surface area contributed by atoms with Crippen LogP contribution < -0.4 is 4.90 Å². The molecule has 0 aromatic carbocycles. The quantitative estimate of drug-likeness (QED) is 0.632. The Bertz CT molecular complexity index is 1070. The molecule has 1 saturated carbocycles. The van der Waals surface area contributed by atoms with Gasteiger partial charge in [-0.1, -0.05) is 6.07 Å². The van der Waals surface area contributed by atoms with E-state index < -0.39 is 17.5 Å². The van der Waals surface area contributed by atoms with Crippen LogP contribution in [-0.4, -0.2) is 57.0 Å². The van der Waals surface area contributed by atoms with Crippen molar-refractivity contribution in [3.05, 3.63) is 48.2 Å². The molecule has 0 radical (unpaired) electrons. The molecule has 3 aliphatic rings. The van der Waals surface area contributed by atoms with Crippen LogP contribution in [0.2, 0.25) is 0 Å². The van der Waals surface area contributed by atoms with Crippen LogP contribution in [0.3, 0.4) is 0 Å². The molecule has 10 heteroatoms. The topological polar surface area (TPSA) is 82.5 Å². The minimum absolute atomic E-state index is 0.0954. The second-order valence-corrected chi connectivity index (χ2v) is 10.9. The molecule has 2 aliphatic heterocycles. The van der Waals surface area contributed by atoms with E-state index in [9.17, 15) is 23.1 Å². The summed E-state index contributed by atoms with van der Waals surface area (Å²) >= 11 is 0. The van der Waals surface area contributed by atoms with Gasteiger partial charge < -0.3 is 14.9 Å². The van der Waals surface area contributed by atoms with Gasteiger partial charge in [-0.3, -0.25) is 9.78 Å². The molecule has 200 valence electrons. The van der Waals surface area contributed by atoms with Crippen molar-refractivity contribution in [3.63, 3.8) is 0 Å². The summed E-state index contributed by atoms with van der Waals surface area (Å²) in [5, 5.41) is 11.0. The number of alkyl halides is 3. The number of piperidine rings is 1. The van der Waals surface area contributed by atoms with Crippen molar-refractivity contribution in [1.82, 2.24) is 19.9 Å². The number of rotatable bonds is 5. The van der Waals surface area contributed by atoms with Gasteiger partial charge in [-0.25, -0.2) is 9.97 Å². The summed E-state index contributed by atoms with van der Waals surface area (Å²) < 4.78 is 39.0. The molecule has 37 heavy (non-hydrogen) atoms. The van der Waals surface area contributed by atoms with E-state index in [-0.39, 0.29) is 17.6 Å². The van der Waals surface area contributed by atoms with Crippen molar-refractivity contribution in [2.75, 3.05) is 31.1 Å². The summed E-state index contributed by atoms with van der Waals surface area (Å²) in [7, 11) is 0. The Hall–Kier alpha value is -2.75. The number of carbonyl (C=O) groups is 1. The highest BCUT2D eigenvalue weighted by Crippen LogP contribution is 2.41. The van der Waals surface area contributed by atoms with Gasteiger partial charge in [0.1, 0.15) is 23.4 Å². The summed E-state index contributed by atoms with van der Waals surface area (Å²) in [6.45, 7) is 2.56. The van der Waals surface area contributed by atoms with Crippen molar-refractivity contribution in [2.24, 2.45) is 17.8 Å². The minimum atomic E-state index is -4.50. The van der Waals surface area contributed by atoms with E-state index in [1.165, 1.54) is 0 Å². The maximum Gasteiger partial charge on any atom is 0.433 e. The molecule has 2 aromatic rings. The van der Waals surface area contributed by atoms with E-state index in [0.717, 1.165) is 69.7 Å². The average Bonchev–Trinajstić information content (AvgIpc) is 3.38. The van der Waals surface area contributed by atoms with Gasteiger partial charge in [0, 0.05) is 44.4 Å². The number of hydrogen-bond acceptors (Lipinski definition) is 6. The molecule has 0 unspecified atom stereocenters. The first-order valence-electron chi connectivity index (χ1n) is 13.3. The molecule has 0 bridgehead atoms. The number of pyridine rings is 1. The van der Waals surface area contributed by atoms with Crippen molar-refractivity contribution in [2.45, 2.75) is 63.1 Å². The predicted molar refractivity (Wildman–Crippen MR) is 131 cm³/mol. The molecule has 5 rings (SSSR count). The lowest BCUT2D eigenvalue weighted by Crippen LogP contribution is -2.42. The molecular formula is C27H34F3N5O2.